The molecular formula is C19H25N3O4S. The highest BCUT2D eigenvalue weighted by Crippen LogP contribution is 2.20. The first-order chi connectivity index (χ1) is 13.1. The average molecular weight is 391 g/mol. The van der Waals surface area contributed by atoms with E-state index >= 15 is 0 Å². The lowest BCUT2D eigenvalue weighted by Crippen LogP contribution is -2.37. The van der Waals surface area contributed by atoms with E-state index in [1.54, 1.807) is 17.7 Å². The van der Waals surface area contributed by atoms with Crippen molar-refractivity contribution in [3.63, 3.8) is 0 Å². The number of hydrogen-bond donors (Lipinski definition) is 1. The average Bonchev–Trinajstić information content (AvgIpc) is 3.16. The van der Waals surface area contributed by atoms with Crippen LogP contribution in [-0.2, 0) is 20.8 Å². The standard InChI is InChI=1S/C19H25N3O4S/c1-13(11-25-2)20-17(23)12-27-19-21-16-8-4-3-7-15(16)18(24)22(19)10-14-6-5-9-26-14/h3-4,7-8,13-14H,5-6,9-12H2,1-2H3,(H,20,23)/t13-,14+/m1/s1. The molecule has 7 nitrogen and oxygen atoms in total. The van der Waals surface area contributed by atoms with Crippen LogP contribution < -0.4 is 10.9 Å². The number of aromatic nitrogens is 2. The van der Waals surface area contributed by atoms with Crippen molar-refractivity contribution in [1.82, 2.24) is 14.9 Å². The van der Waals surface area contributed by atoms with E-state index in [4.69, 9.17) is 9.47 Å². The Hall–Kier alpha value is -1.90. The molecule has 1 amide bonds. The number of benzene rings is 1. The van der Waals surface area contributed by atoms with E-state index in [0.29, 0.717) is 29.2 Å². The molecule has 1 aromatic carbocycles. The number of carbonyl (C=O) groups excluding carboxylic acids is 1. The van der Waals surface area contributed by atoms with Gasteiger partial charge in [0.2, 0.25) is 5.91 Å². The lowest BCUT2D eigenvalue weighted by atomic mass is 10.2. The summed E-state index contributed by atoms with van der Waals surface area (Å²) in [5.41, 5.74) is 0.550. The normalized spacial score (nSPS) is 17.9. The maximum absolute atomic E-state index is 13.0. The van der Waals surface area contributed by atoms with Gasteiger partial charge in [0.25, 0.3) is 5.56 Å². The minimum Gasteiger partial charge on any atom is -0.383 e. The van der Waals surface area contributed by atoms with Crippen molar-refractivity contribution in [2.24, 2.45) is 0 Å². The van der Waals surface area contributed by atoms with E-state index in [1.165, 1.54) is 11.8 Å². The van der Waals surface area contributed by atoms with Crippen LogP contribution in [0.15, 0.2) is 34.2 Å². The highest BCUT2D eigenvalue weighted by Gasteiger charge is 2.20. The summed E-state index contributed by atoms with van der Waals surface area (Å²) in [5, 5.41) is 4.00. The number of thioether (sulfide) groups is 1. The summed E-state index contributed by atoms with van der Waals surface area (Å²) in [7, 11) is 1.60. The number of para-hydroxylation sites is 1. The van der Waals surface area contributed by atoms with Crippen LogP contribution >= 0.6 is 11.8 Å². The van der Waals surface area contributed by atoms with Crippen LogP contribution in [-0.4, -0.2) is 53.7 Å². The minimum atomic E-state index is -0.115. The number of amides is 1. The number of carbonyl (C=O) groups is 1. The maximum atomic E-state index is 13.0. The molecule has 0 bridgehead atoms. The minimum absolute atomic E-state index is 0.0144. The second-order valence-corrected chi connectivity index (χ2v) is 7.62. The first kappa shape index (κ1) is 19.9. The second kappa shape index (κ2) is 9.34. The molecule has 1 aliphatic rings. The molecule has 0 unspecified atom stereocenters. The Morgan fingerprint density at radius 3 is 3.04 bits per heavy atom. The molecule has 1 N–H and O–H groups in total. The van der Waals surface area contributed by atoms with Gasteiger partial charge in [0.05, 0.1) is 35.9 Å². The number of nitrogens with one attached hydrogen (secondary N) is 1. The van der Waals surface area contributed by atoms with Crippen molar-refractivity contribution in [3.05, 3.63) is 34.6 Å². The van der Waals surface area contributed by atoms with Gasteiger partial charge in [-0.1, -0.05) is 23.9 Å². The third kappa shape index (κ3) is 5.09. The lowest BCUT2D eigenvalue weighted by Gasteiger charge is -2.17. The van der Waals surface area contributed by atoms with E-state index in [0.717, 1.165) is 19.4 Å². The van der Waals surface area contributed by atoms with Gasteiger partial charge in [-0.25, -0.2) is 4.98 Å². The number of methoxy groups -OCH3 is 1. The van der Waals surface area contributed by atoms with Crippen molar-refractivity contribution in [3.8, 4) is 0 Å². The third-order valence-electron chi connectivity index (χ3n) is 4.39. The number of nitrogens with zero attached hydrogens (tertiary/aromatic N) is 2. The zero-order valence-corrected chi connectivity index (χ0v) is 16.5. The molecule has 27 heavy (non-hydrogen) atoms. The topological polar surface area (TPSA) is 82.5 Å². The fourth-order valence-corrected chi connectivity index (χ4v) is 3.97. The smallest absolute Gasteiger partial charge is 0.262 e. The van der Waals surface area contributed by atoms with Crippen molar-refractivity contribution in [1.29, 1.82) is 0 Å². The Balaban J connectivity index is 1.81. The molecule has 146 valence electrons. The summed E-state index contributed by atoms with van der Waals surface area (Å²) in [6, 6.07) is 7.22. The fraction of sp³-hybridized carbons (Fsp3) is 0.526. The van der Waals surface area contributed by atoms with Crippen LogP contribution in [0.25, 0.3) is 10.9 Å². The number of ether oxygens (including phenoxy) is 2. The van der Waals surface area contributed by atoms with Gasteiger partial charge in [0, 0.05) is 19.8 Å². The largest absolute Gasteiger partial charge is 0.383 e. The highest BCUT2D eigenvalue weighted by atomic mass is 32.2. The van der Waals surface area contributed by atoms with Crippen LogP contribution in [0.4, 0.5) is 0 Å². The fourth-order valence-electron chi connectivity index (χ4n) is 3.15. The van der Waals surface area contributed by atoms with Gasteiger partial charge in [-0.05, 0) is 31.9 Å². The zero-order valence-electron chi connectivity index (χ0n) is 15.6. The van der Waals surface area contributed by atoms with E-state index in [2.05, 4.69) is 10.3 Å². The first-order valence-corrected chi connectivity index (χ1v) is 10.1. The van der Waals surface area contributed by atoms with E-state index < -0.39 is 0 Å². The summed E-state index contributed by atoms with van der Waals surface area (Å²) >= 11 is 1.27. The van der Waals surface area contributed by atoms with Crippen LogP contribution in [0, 0.1) is 0 Å². The zero-order chi connectivity index (χ0) is 19.2. The van der Waals surface area contributed by atoms with Crippen LogP contribution in [0.5, 0.6) is 0 Å². The Morgan fingerprint density at radius 1 is 1.48 bits per heavy atom. The van der Waals surface area contributed by atoms with E-state index in [-0.39, 0.29) is 29.4 Å². The van der Waals surface area contributed by atoms with Crippen LogP contribution in [0.3, 0.4) is 0 Å². The summed E-state index contributed by atoms with van der Waals surface area (Å²) in [4.78, 5) is 29.8. The molecule has 1 aliphatic heterocycles. The predicted octanol–water partition coefficient (Wildman–Crippen LogP) is 1.82. The van der Waals surface area contributed by atoms with E-state index in [1.807, 2.05) is 25.1 Å². The van der Waals surface area contributed by atoms with Gasteiger partial charge in [0.1, 0.15) is 0 Å². The van der Waals surface area contributed by atoms with Gasteiger partial charge in [-0.3, -0.25) is 14.2 Å². The van der Waals surface area contributed by atoms with Gasteiger partial charge in [0.15, 0.2) is 5.16 Å². The molecule has 2 aromatic rings. The molecular weight excluding hydrogens is 366 g/mol. The monoisotopic (exact) mass is 391 g/mol. The van der Waals surface area contributed by atoms with Gasteiger partial charge >= 0.3 is 0 Å². The third-order valence-corrected chi connectivity index (χ3v) is 5.37. The summed E-state index contributed by atoms with van der Waals surface area (Å²) in [6.07, 6.45) is 1.95. The Morgan fingerprint density at radius 2 is 2.30 bits per heavy atom. The van der Waals surface area contributed by atoms with Crippen molar-refractivity contribution < 1.29 is 14.3 Å². The number of rotatable bonds is 8. The molecule has 2 atom stereocenters. The molecule has 2 heterocycles. The SMILES string of the molecule is COC[C@@H](C)NC(=O)CSc1nc2ccccc2c(=O)n1C[C@@H]1CCCO1. The molecule has 0 radical (unpaired) electrons. The summed E-state index contributed by atoms with van der Waals surface area (Å²) < 4.78 is 12.4. The van der Waals surface area contributed by atoms with Crippen LogP contribution in [0.1, 0.15) is 19.8 Å². The second-order valence-electron chi connectivity index (χ2n) is 6.67. The molecule has 1 fully saturated rings. The number of fused-ring (bicyclic) bond motifs is 1. The lowest BCUT2D eigenvalue weighted by molar-refractivity contribution is -0.119. The van der Waals surface area contributed by atoms with Crippen molar-refractivity contribution in [2.75, 3.05) is 26.1 Å². The number of hydrogen-bond acceptors (Lipinski definition) is 6. The Kier molecular flexibility index (Phi) is 6.87. The van der Waals surface area contributed by atoms with Crippen molar-refractivity contribution in [2.45, 2.75) is 43.6 Å². The molecule has 8 heteroatoms. The molecule has 1 aromatic heterocycles. The molecule has 1 saturated heterocycles. The first-order valence-electron chi connectivity index (χ1n) is 9.10. The molecule has 0 aliphatic carbocycles. The van der Waals surface area contributed by atoms with Crippen LogP contribution in [0.2, 0.25) is 0 Å². The Labute approximate surface area is 162 Å². The van der Waals surface area contributed by atoms with Gasteiger partial charge in [-0.15, -0.1) is 0 Å². The quantitative estimate of drug-likeness (QED) is 0.546. The molecule has 3 rings (SSSR count). The highest BCUT2D eigenvalue weighted by molar-refractivity contribution is 7.99. The maximum Gasteiger partial charge on any atom is 0.262 e. The van der Waals surface area contributed by atoms with Crippen molar-refractivity contribution >= 4 is 28.6 Å². The van der Waals surface area contributed by atoms with E-state index in [9.17, 15) is 9.59 Å². The predicted molar refractivity (Wildman–Crippen MR) is 105 cm³/mol. The Bertz CT molecular complexity index is 848. The summed E-state index contributed by atoms with van der Waals surface area (Å²) in [6.45, 7) is 3.52. The molecule has 0 spiro atoms. The van der Waals surface area contributed by atoms with Gasteiger partial charge in [-0.2, -0.15) is 0 Å². The molecule has 0 saturated carbocycles. The summed E-state index contributed by atoms with van der Waals surface area (Å²) in [5.74, 6) is 0.0697. The van der Waals surface area contributed by atoms with Gasteiger partial charge < -0.3 is 14.8 Å².